The fraction of sp³-hybridized carbons (Fsp3) is 0.500. The third kappa shape index (κ3) is 6.73. The van der Waals surface area contributed by atoms with Crippen molar-refractivity contribution in [1.82, 2.24) is 5.32 Å². The van der Waals surface area contributed by atoms with E-state index in [1.807, 2.05) is 19.2 Å². The minimum Gasteiger partial charge on any atom is -0.388 e. The minimum absolute atomic E-state index is 0.113. The van der Waals surface area contributed by atoms with Crippen molar-refractivity contribution in [2.75, 3.05) is 11.9 Å². The van der Waals surface area contributed by atoms with E-state index < -0.39 is 34.7 Å². The maximum absolute atomic E-state index is 13.4. The Bertz CT molecular complexity index is 574. The van der Waals surface area contributed by atoms with E-state index in [0.717, 1.165) is 24.6 Å². The van der Waals surface area contributed by atoms with E-state index >= 15 is 0 Å². The molecule has 0 fully saturated rings. The highest BCUT2D eigenvalue weighted by molar-refractivity contribution is 6.39. The number of rotatable bonds is 6. The van der Waals surface area contributed by atoms with Gasteiger partial charge in [-0.05, 0) is 37.8 Å². The van der Waals surface area contributed by atoms with Gasteiger partial charge in [-0.15, -0.1) is 0 Å². The summed E-state index contributed by atoms with van der Waals surface area (Å²) in [5.41, 5.74) is -1.57. The number of carbonyl (C=O) groups is 2. The Morgan fingerprint density at radius 2 is 1.91 bits per heavy atom. The average Bonchev–Trinajstić information content (AvgIpc) is 2.46. The van der Waals surface area contributed by atoms with Gasteiger partial charge in [-0.1, -0.05) is 13.8 Å². The number of benzene rings is 1. The van der Waals surface area contributed by atoms with Gasteiger partial charge in [0.15, 0.2) is 0 Å². The highest BCUT2D eigenvalue weighted by Crippen LogP contribution is 2.16. The molecule has 0 aliphatic carbocycles. The van der Waals surface area contributed by atoms with E-state index in [9.17, 15) is 23.5 Å². The van der Waals surface area contributed by atoms with Gasteiger partial charge >= 0.3 is 11.8 Å². The molecule has 1 aromatic rings. The fourth-order valence-electron chi connectivity index (χ4n) is 1.81. The van der Waals surface area contributed by atoms with Crippen LogP contribution in [0.2, 0.25) is 0 Å². The van der Waals surface area contributed by atoms with E-state index in [1.165, 1.54) is 0 Å². The molecule has 1 atom stereocenters. The topological polar surface area (TPSA) is 78.4 Å². The van der Waals surface area contributed by atoms with Crippen LogP contribution in [0.5, 0.6) is 0 Å². The second-order valence-corrected chi connectivity index (χ2v) is 6.19. The molecule has 0 bridgehead atoms. The lowest BCUT2D eigenvalue weighted by molar-refractivity contribution is -0.136. The average molecular weight is 328 g/mol. The number of amides is 2. The molecular weight excluding hydrogens is 306 g/mol. The summed E-state index contributed by atoms with van der Waals surface area (Å²) < 4.78 is 26.4. The number of halogens is 2. The molecule has 0 radical (unpaired) electrons. The third-order valence-electron chi connectivity index (χ3n) is 3.27. The second kappa shape index (κ2) is 8.01. The van der Waals surface area contributed by atoms with E-state index in [4.69, 9.17) is 0 Å². The molecule has 0 unspecified atom stereocenters. The van der Waals surface area contributed by atoms with Crippen LogP contribution in [-0.2, 0) is 9.59 Å². The molecule has 0 spiro atoms. The zero-order chi connectivity index (χ0) is 17.6. The molecule has 3 N–H and O–H groups in total. The smallest absolute Gasteiger partial charge is 0.313 e. The molecule has 0 aromatic heterocycles. The van der Waals surface area contributed by atoms with E-state index in [0.29, 0.717) is 12.3 Å². The van der Waals surface area contributed by atoms with Crippen LogP contribution in [-0.4, -0.2) is 29.1 Å². The summed E-state index contributed by atoms with van der Waals surface area (Å²) in [5, 5.41) is 14.4. The first-order chi connectivity index (χ1) is 10.6. The Kier molecular flexibility index (Phi) is 6.62. The van der Waals surface area contributed by atoms with Crippen molar-refractivity contribution in [3.63, 3.8) is 0 Å². The molecule has 0 aliphatic heterocycles. The Morgan fingerprint density at radius 1 is 1.26 bits per heavy atom. The molecular formula is C16H22F2N2O3. The molecule has 0 saturated heterocycles. The quantitative estimate of drug-likeness (QED) is 0.701. The fourth-order valence-corrected chi connectivity index (χ4v) is 1.81. The lowest BCUT2D eigenvalue weighted by Gasteiger charge is -2.24. The minimum atomic E-state index is -1.15. The predicted molar refractivity (Wildman–Crippen MR) is 82.7 cm³/mol. The SMILES string of the molecule is CC(C)CC[C@@](C)(O)CNC(=O)C(=O)Nc1cc(F)ccc1F. The van der Waals surface area contributed by atoms with Gasteiger partial charge in [0.05, 0.1) is 11.3 Å². The molecule has 0 aliphatic rings. The van der Waals surface area contributed by atoms with E-state index in [1.54, 1.807) is 6.92 Å². The van der Waals surface area contributed by atoms with Crippen LogP contribution in [0, 0.1) is 17.6 Å². The Hall–Kier alpha value is -2.02. The van der Waals surface area contributed by atoms with Crippen LogP contribution in [0.4, 0.5) is 14.5 Å². The van der Waals surface area contributed by atoms with Crippen molar-refractivity contribution in [1.29, 1.82) is 0 Å². The summed E-state index contributed by atoms with van der Waals surface area (Å²) in [6.07, 6.45) is 1.23. The van der Waals surface area contributed by atoms with Gasteiger partial charge in [-0.3, -0.25) is 9.59 Å². The summed E-state index contributed by atoms with van der Waals surface area (Å²) in [6.45, 7) is 5.46. The van der Waals surface area contributed by atoms with Crippen LogP contribution < -0.4 is 10.6 Å². The third-order valence-corrected chi connectivity index (χ3v) is 3.27. The first kappa shape index (κ1) is 19.0. The Balaban J connectivity index is 2.54. The number of anilines is 1. The van der Waals surface area contributed by atoms with E-state index in [-0.39, 0.29) is 6.54 Å². The molecule has 0 saturated carbocycles. The lowest BCUT2D eigenvalue weighted by atomic mass is 9.95. The highest BCUT2D eigenvalue weighted by Gasteiger charge is 2.24. The van der Waals surface area contributed by atoms with Crippen molar-refractivity contribution >= 4 is 17.5 Å². The lowest BCUT2D eigenvalue weighted by Crippen LogP contribution is -2.44. The van der Waals surface area contributed by atoms with Crippen LogP contribution in [0.1, 0.15) is 33.6 Å². The summed E-state index contributed by atoms with van der Waals surface area (Å²) in [5.74, 6) is -3.35. The van der Waals surface area contributed by atoms with Crippen LogP contribution in [0.3, 0.4) is 0 Å². The van der Waals surface area contributed by atoms with Gasteiger partial charge in [0.2, 0.25) is 0 Å². The summed E-state index contributed by atoms with van der Waals surface area (Å²) in [7, 11) is 0. The van der Waals surface area contributed by atoms with Crippen molar-refractivity contribution in [3.05, 3.63) is 29.8 Å². The molecule has 1 rings (SSSR count). The zero-order valence-electron chi connectivity index (χ0n) is 13.5. The molecule has 1 aromatic carbocycles. The van der Waals surface area contributed by atoms with Crippen LogP contribution in [0.25, 0.3) is 0 Å². The van der Waals surface area contributed by atoms with Crippen molar-refractivity contribution < 1.29 is 23.5 Å². The van der Waals surface area contributed by atoms with Gasteiger partial charge in [0.1, 0.15) is 11.6 Å². The van der Waals surface area contributed by atoms with Crippen LogP contribution >= 0.6 is 0 Å². The molecule has 0 heterocycles. The van der Waals surface area contributed by atoms with Gasteiger partial charge in [-0.25, -0.2) is 8.78 Å². The summed E-state index contributed by atoms with van der Waals surface area (Å²) >= 11 is 0. The van der Waals surface area contributed by atoms with E-state index in [2.05, 4.69) is 5.32 Å². The number of nitrogens with one attached hydrogen (secondary N) is 2. The molecule has 7 heteroatoms. The molecule has 2 amide bonds. The van der Waals surface area contributed by atoms with Crippen molar-refractivity contribution in [3.8, 4) is 0 Å². The van der Waals surface area contributed by atoms with Crippen LogP contribution in [0.15, 0.2) is 18.2 Å². The van der Waals surface area contributed by atoms with Gasteiger partial charge in [0, 0.05) is 12.6 Å². The number of aliphatic hydroxyl groups is 1. The number of hydrogen-bond acceptors (Lipinski definition) is 3. The summed E-state index contributed by atoms with van der Waals surface area (Å²) in [4.78, 5) is 23.3. The first-order valence-corrected chi connectivity index (χ1v) is 7.37. The number of hydrogen-bond donors (Lipinski definition) is 3. The maximum Gasteiger partial charge on any atom is 0.313 e. The number of carbonyl (C=O) groups excluding carboxylic acids is 2. The molecule has 128 valence electrons. The standard InChI is InChI=1S/C16H22F2N2O3/c1-10(2)6-7-16(3,23)9-19-14(21)15(22)20-13-8-11(17)4-5-12(13)18/h4-5,8,10,23H,6-7,9H2,1-3H3,(H,19,21)(H,20,22)/t16-/m1/s1. The summed E-state index contributed by atoms with van der Waals surface area (Å²) in [6, 6.07) is 2.52. The largest absolute Gasteiger partial charge is 0.388 e. The first-order valence-electron chi connectivity index (χ1n) is 7.37. The second-order valence-electron chi connectivity index (χ2n) is 6.19. The van der Waals surface area contributed by atoms with Gasteiger partial charge in [0.25, 0.3) is 0 Å². The Labute approximate surface area is 134 Å². The molecule has 5 nitrogen and oxygen atoms in total. The van der Waals surface area contributed by atoms with Crippen molar-refractivity contribution in [2.45, 2.75) is 39.2 Å². The predicted octanol–water partition coefficient (Wildman–Crippen LogP) is 2.21. The normalized spacial score (nSPS) is 13.5. The van der Waals surface area contributed by atoms with Gasteiger partial charge < -0.3 is 15.7 Å². The Morgan fingerprint density at radius 3 is 2.52 bits per heavy atom. The monoisotopic (exact) mass is 328 g/mol. The zero-order valence-corrected chi connectivity index (χ0v) is 13.5. The van der Waals surface area contributed by atoms with Crippen molar-refractivity contribution in [2.24, 2.45) is 5.92 Å². The molecule has 23 heavy (non-hydrogen) atoms. The maximum atomic E-state index is 13.4. The highest BCUT2D eigenvalue weighted by atomic mass is 19.1. The van der Waals surface area contributed by atoms with Gasteiger partial charge in [-0.2, -0.15) is 0 Å².